The summed E-state index contributed by atoms with van der Waals surface area (Å²) in [6, 6.07) is 2.48. The van der Waals surface area contributed by atoms with Gasteiger partial charge in [-0.25, -0.2) is 4.79 Å². The minimum absolute atomic E-state index is 0.212. The molecule has 0 spiro atoms. The summed E-state index contributed by atoms with van der Waals surface area (Å²) in [5.74, 6) is -1.48. The first-order chi connectivity index (χ1) is 6.97. The lowest BCUT2D eigenvalue weighted by Gasteiger charge is -2.03. The van der Waals surface area contributed by atoms with Gasteiger partial charge in [-0.05, 0) is 28.7 Å². The van der Waals surface area contributed by atoms with Gasteiger partial charge in [0.1, 0.15) is 5.56 Å². The fourth-order valence-corrected chi connectivity index (χ4v) is 1.60. The van der Waals surface area contributed by atoms with Gasteiger partial charge in [0.15, 0.2) is 0 Å². The molecule has 1 rings (SSSR count). The average molecular weight is 323 g/mol. The van der Waals surface area contributed by atoms with Crippen molar-refractivity contribution in [3.63, 3.8) is 0 Å². The van der Waals surface area contributed by atoms with Gasteiger partial charge in [-0.1, -0.05) is 0 Å². The van der Waals surface area contributed by atoms with Crippen LogP contribution in [0.25, 0.3) is 0 Å². The van der Waals surface area contributed by atoms with E-state index >= 15 is 0 Å². The molecule has 0 atom stereocenters. The molecule has 0 aliphatic rings. The molecule has 1 aromatic carbocycles. The van der Waals surface area contributed by atoms with E-state index in [9.17, 15) is 20.0 Å². The number of hydrogen-bond acceptors (Lipinski definition) is 5. The van der Waals surface area contributed by atoms with Crippen LogP contribution in [0.3, 0.4) is 0 Å². The molecule has 0 fully saturated rings. The molecule has 0 unspecified atom stereocenters. The van der Waals surface area contributed by atoms with Crippen molar-refractivity contribution in [3.8, 4) is 5.75 Å². The summed E-state index contributed by atoms with van der Waals surface area (Å²) in [5, 5.41) is 20.0. The maximum absolute atomic E-state index is 11.2. The third kappa shape index (κ3) is 2.35. The first kappa shape index (κ1) is 11.7. The molecular formula is C8H6INO5. The van der Waals surface area contributed by atoms with Gasteiger partial charge in [0.05, 0.1) is 12.0 Å². The molecule has 0 saturated carbocycles. The van der Waals surface area contributed by atoms with Crippen molar-refractivity contribution < 1.29 is 19.6 Å². The first-order valence-corrected chi connectivity index (χ1v) is 4.80. The molecule has 0 aromatic heterocycles. The number of ether oxygens (including phenoxy) is 1. The van der Waals surface area contributed by atoms with Crippen molar-refractivity contribution in [2.45, 2.75) is 0 Å². The summed E-state index contributed by atoms with van der Waals surface area (Å²) in [7, 11) is 1.13. The summed E-state index contributed by atoms with van der Waals surface area (Å²) in [6.45, 7) is 0. The number of aromatic hydroxyl groups is 1. The molecule has 0 saturated heterocycles. The Hall–Kier alpha value is -1.38. The van der Waals surface area contributed by atoms with Crippen molar-refractivity contribution in [2.24, 2.45) is 0 Å². The Bertz CT molecular complexity index is 431. The van der Waals surface area contributed by atoms with Crippen LogP contribution in [0.5, 0.6) is 5.75 Å². The number of esters is 1. The quantitative estimate of drug-likeness (QED) is 0.387. The zero-order chi connectivity index (χ0) is 11.6. The number of hydrogen-bond donors (Lipinski definition) is 1. The molecule has 7 heteroatoms. The number of phenols is 1. The number of methoxy groups -OCH3 is 1. The van der Waals surface area contributed by atoms with E-state index < -0.39 is 22.3 Å². The van der Waals surface area contributed by atoms with Crippen LogP contribution in [-0.4, -0.2) is 23.1 Å². The maximum atomic E-state index is 11.2. The van der Waals surface area contributed by atoms with Crippen molar-refractivity contribution >= 4 is 34.2 Å². The number of nitro groups is 1. The van der Waals surface area contributed by atoms with E-state index in [1.807, 2.05) is 22.6 Å². The highest BCUT2D eigenvalue weighted by atomic mass is 127. The van der Waals surface area contributed by atoms with E-state index in [2.05, 4.69) is 4.74 Å². The zero-order valence-electron chi connectivity index (χ0n) is 7.56. The number of nitro benzene ring substituents is 1. The smallest absolute Gasteiger partial charge is 0.341 e. The summed E-state index contributed by atoms with van der Waals surface area (Å²) in [5.41, 5.74) is -0.724. The Morgan fingerprint density at radius 2 is 2.20 bits per heavy atom. The van der Waals surface area contributed by atoms with Gasteiger partial charge in [0.25, 0.3) is 0 Å². The lowest BCUT2D eigenvalue weighted by Crippen LogP contribution is -2.03. The third-order valence-corrected chi connectivity index (χ3v) is 2.28. The largest absolute Gasteiger partial charge is 0.501 e. The standard InChI is InChI=1S/C8H6INO5/c1-15-8(12)5-2-4(9)3-6(7(5)11)10(13)14/h2-3,11H,1H3. The van der Waals surface area contributed by atoms with E-state index in [1.54, 1.807) is 0 Å². The van der Waals surface area contributed by atoms with E-state index in [0.29, 0.717) is 3.57 Å². The number of carbonyl (C=O) groups is 1. The summed E-state index contributed by atoms with van der Waals surface area (Å²) >= 11 is 1.81. The van der Waals surface area contributed by atoms with Gasteiger partial charge in [-0.3, -0.25) is 10.1 Å². The van der Waals surface area contributed by atoms with E-state index in [4.69, 9.17) is 0 Å². The fraction of sp³-hybridized carbons (Fsp3) is 0.125. The Labute approximate surface area is 98.1 Å². The van der Waals surface area contributed by atoms with Crippen molar-refractivity contribution in [1.29, 1.82) is 0 Å². The Morgan fingerprint density at radius 3 is 2.67 bits per heavy atom. The number of phenolic OH excluding ortho intramolecular Hbond substituents is 1. The minimum atomic E-state index is -0.811. The summed E-state index contributed by atoms with van der Waals surface area (Å²) in [4.78, 5) is 20.9. The van der Waals surface area contributed by atoms with E-state index in [-0.39, 0.29) is 5.56 Å². The third-order valence-electron chi connectivity index (χ3n) is 1.66. The predicted octanol–water partition coefficient (Wildman–Crippen LogP) is 1.69. The highest BCUT2D eigenvalue weighted by Gasteiger charge is 2.22. The van der Waals surface area contributed by atoms with E-state index in [1.165, 1.54) is 12.1 Å². The highest BCUT2D eigenvalue weighted by molar-refractivity contribution is 14.1. The second-order valence-corrected chi connectivity index (χ2v) is 3.82. The number of rotatable bonds is 2. The van der Waals surface area contributed by atoms with Crippen LogP contribution >= 0.6 is 22.6 Å². The van der Waals surface area contributed by atoms with Crippen molar-refractivity contribution in [3.05, 3.63) is 31.4 Å². The molecule has 1 aromatic rings. The molecule has 0 amide bonds. The second kappa shape index (κ2) is 4.43. The SMILES string of the molecule is COC(=O)c1cc(I)cc([N+](=O)[O-])c1O. The molecule has 80 valence electrons. The van der Waals surface area contributed by atoms with Crippen LogP contribution < -0.4 is 0 Å². The Morgan fingerprint density at radius 1 is 1.60 bits per heavy atom. The monoisotopic (exact) mass is 323 g/mol. The maximum Gasteiger partial charge on any atom is 0.341 e. The Kier molecular flexibility index (Phi) is 3.45. The number of nitrogens with zero attached hydrogens (tertiary/aromatic N) is 1. The Balaban J connectivity index is 3.41. The molecule has 0 heterocycles. The van der Waals surface area contributed by atoms with Gasteiger partial charge in [0, 0.05) is 9.64 Å². The lowest BCUT2D eigenvalue weighted by atomic mass is 10.2. The molecular weight excluding hydrogens is 317 g/mol. The van der Waals surface area contributed by atoms with E-state index in [0.717, 1.165) is 7.11 Å². The average Bonchev–Trinajstić information content (AvgIpc) is 2.19. The van der Waals surface area contributed by atoms with Crippen LogP contribution in [0.2, 0.25) is 0 Å². The van der Waals surface area contributed by atoms with Crippen LogP contribution in [-0.2, 0) is 4.74 Å². The molecule has 1 N–H and O–H groups in total. The predicted molar refractivity (Wildman–Crippen MR) is 58.8 cm³/mol. The lowest BCUT2D eigenvalue weighted by molar-refractivity contribution is -0.386. The molecule has 0 aliphatic carbocycles. The molecule has 0 radical (unpaired) electrons. The van der Waals surface area contributed by atoms with Crippen molar-refractivity contribution in [1.82, 2.24) is 0 Å². The van der Waals surface area contributed by atoms with Gasteiger partial charge < -0.3 is 9.84 Å². The fourth-order valence-electron chi connectivity index (χ4n) is 0.990. The molecule has 0 aliphatic heterocycles. The molecule has 0 bridgehead atoms. The summed E-state index contributed by atoms with van der Waals surface area (Å²) in [6.07, 6.45) is 0. The topological polar surface area (TPSA) is 89.7 Å². The van der Waals surface area contributed by atoms with Crippen LogP contribution in [0.4, 0.5) is 5.69 Å². The number of carbonyl (C=O) groups excluding carboxylic acids is 1. The number of halogens is 1. The summed E-state index contributed by atoms with van der Waals surface area (Å²) < 4.78 is 4.85. The minimum Gasteiger partial charge on any atom is -0.501 e. The molecule has 6 nitrogen and oxygen atoms in total. The van der Waals surface area contributed by atoms with Gasteiger partial charge >= 0.3 is 11.7 Å². The van der Waals surface area contributed by atoms with Crippen LogP contribution in [0, 0.1) is 13.7 Å². The van der Waals surface area contributed by atoms with Crippen molar-refractivity contribution in [2.75, 3.05) is 7.11 Å². The normalized spacial score (nSPS) is 9.73. The van der Waals surface area contributed by atoms with Gasteiger partial charge in [0.2, 0.25) is 5.75 Å². The van der Waals surface area contributed by atoms with Crippen LogP contribution in [0.15, 0.2) is 12.1 Å². The highest BCUT2D eigenvalue weighted by Crippen LogP contribution is 2.32. The molecule has 15 heavy (non-hydrogen) atoms. The van der Waals surface area contributed by atoms with Gasteiger partial charge in [-0.2, -0.15) is 0 Å². The van der Waals surface area contributed by atoms with Crippen LogP contribution in [0.1, 0.15) is 10.4 Å². The second-order valence-electron chi connectivity index (χ2n) is 2.57. The first-order valence-electron chi connectivity index (χ1n) is 3.72. The number of benzene rings is 1. The zero-order valence-corrected chi connectivity index (χ0v) is 9.72. The van der Waals surface area contributed by atoms with Gasteiger partial charge in [-0.15, -0.1) is 0 Å².